The summed E-state index contributed by atoms with van der Waals surface area (Å²) in [7, 11) is 0. The van der Waals surface area contributed by atoms with Crippen molar-refractivity contribution in [1.29, 1.82) is 0 Å². The van der Waals surface area contributed by atoms with Crippen molar-refractivity contribution in [3.8, 4) is 0 Å². The minimum atomic E-state index is -2.40. The maximum atomic E-state index is 10.1. The maximum Gasteiger partial charge on any atom is 1.00 e. The van der Waals surface area contributed by atoms with Crippen LogP contribution in [0.3, 0.4) is 0 Å². The molecule has 2 N–H and O–H groups in total. The van der Waals surface area contributed by atoms with Crippen LogP contribution in [0.25, 0.3) is 0 Å². The third-order valence-electron chi connectivity index (χ3n) is 2.47. The molecule has 1 aliphatic rings. The average molecular weight is 293 g/mol. The minimum absolute atomic E-state index is 0. The number of rotatable bonds is 6. The van der Waals surface area contributed by atoms with E-state index >= 15 is 0 Å². The van der Waals surface area contributed by atoms with Crippen LogP contribution in [0.1, 0.15) is 0 Å². The normalized spacial score (nSPS) is 19.2. The molecule has 0 aromatic rings. The van der Waals surface area contributed by atoms with E-state index in [9.17, 15) is 8.76 Å². The molecule has 0 spiro atoms. The van der Waals surface area contributed by atoms with Gasteiger partial charge in [0.05, 0.1) is 24.6 Å². The van der Waals surface area contributed by atoms with E-state index in [1.807, 2.05) is 0 Å². The molecule has 1 fully saturated rings. The molecule has 17 heavy (non-hydrogen) atoms. The largest absolute Gasteiger partial charge is 1.00 e. The van der Waals surface area contributed by atoms with Gasteiger partial charge in [-0.1, -0.05) is 0 Å². The monoisotopic (exact) mass is 293 g/mol. The summed E-state index contributed by atoms with van der Waals surface area (Å²) >= 11 is -2.40. The topological polar surface area (TPSA) is 106 Å². The van der Waals surface area contributed by atoms with Gasteiger partial charge in [-0.2, -0.15) is 0 Å². The van der Waals surface area contributed by atoms with Crippen molar-refractivity contribution in [2.24, 2.45) is 0 Å². The van der Waals surface area contributed by atoms with Crippen LogP contribution in [0.15, 0.2) is 0 Å². The van der Waals surface area contributed by atoms with E-state index in [4.69, 9.17) is 5.11 Å². The first-order chi connectivity index (χ1) is 7.22. The number of aliphatic hydroxyl groups is 1. The van der Waals surface area contributed by atoms with Crippen LogP contribution in [-0.4, -0.2) is 81.6 Å². The number of β-amino-alcohol motifs (C(OH)–C–C–N with tert-alkyl or cyclic N) is 1. The zero-order chi connectivity index (χ0) is 11.1. The molecule has 0 saturated carbocycles. The quantitative estimate of drug-likeness (QED) is 0.387. The van der Waals surface area contributed by atoms with Crippen LogP contribution in [0.5, 0.6) is 0 Å². The van der Waals surface area contributed by atoms with Gasteiger partial charge in [-0.05, 0) is 0 Å². The fourth-order valence-corrected chi connectivity index (χ4v) is 1.82. The molecule has 1 rings (SSSR count). The van der Waals surface area contributed by atoms with E-state index in [-0.39, 0.29) is 70.1 Å². The predicted molar refractivity (Wildman–Crippen MR) is 56.8 cm³/mol. The third kappa shape index (κ3) is 10.0. The molecule has 9 heteroatoms. The van der Waals surface area contributed by atoms with E-state index in [0.29, 0.717) is 6.54 Å². The van der Waals surface area contributed by atoms with Crippen molar-refractivity contribution >= 4 is 11.4 Å². The van der Waals surface area contributed by atoms with Gasteiger partial charge in [0.25, 0.3) is 0 Å². The van der Waals surface area contributed by atoms with Crippen molar-refractivity contribution in [3.05, 3.63) is 0 Å². The second-order valence-electron chi connectivity index (χ2n) is 3.43. The van der Waals surface area contributed by atoms with Crippen LogP contribution in [0.4, 0.5) is 0 Å². The van der Waals surface area contributed by atoms with E-state index in [2.05, 4.69) is 14.0 Å². The summed E-state index contributed by atoms with van der Waals surface area (Å²) < 4.78 is 24.6. The number of nitrogens with zero attached hydrogens (tertiary/aromatic N) is 2. The molecule has 0 amide bonds. The Morgan fingerprint density at radius 3 is 2.06 bits per heavy atom. The summed E-state index contributed by atoms with van der Waals surface area (Å²) in [5, 5.41) is 8.74. The molecule has 7 nitrogen and oxygen atoms in total. The standard InChI is InChI=1S/C8H18N2O4S.K.H2O/c11-7-5-9-1-3-10(4-2-9)6-8-14-15(12)13;;/h11H,1-8H2,(H,12,13);;1H2/q;+1;/p-2. The molecule has 1 heterocycles. The van der Waals surface area contributed by atoms with Crippen LogP contribution in [0, 0.1) is 0 Å². The van der Waals surface area contributed by atoms with Crippen LogP contribution >= 0.6 is 0 Å². The summed E-state index contributed by atoms with van der Waals surface area (Å²) in [4.78, 5) is 4.34. The molecule has 0 radical (unpaired) electrons. The molecule has 1 aliphatic heterocycles. The molecule has 0 bridgehead atoms. The first-order valence-electron chi connectivity index (χ1n) is 5.00. The Kier molecular flexibility index (Phi) is 15.4. The van der Waals surface area contributed by atoms with Gasteiger partial charge in [0.1, 0.15) is 0 Å². The zero-order valence-corrected chi connectivity index (χ0v) is 14.0. The van der Waals surface area contributed by atoms with Gasteiger partial charge in [-0.3, -0.25) is 14.0 Å². The Morgan fingerprint density at radius 2 is 1.65 bits per heavy atom. The molecule has 0 aliphatic carbocycles. The molecule has 1 saturated heterocycles. The molecule has 0 aromatic carbocycles. The first-order valence-corrected chi connectivity index (χ1v) is 6.00. The fraction of sp³-hybridized carbons (Fsp3) is 1.00. The van der Waals surface area contributed by atoms with Crippen LogP contribution in [-0.2, 0) is 15.5 Å². The van der Waals surface area contributed by atoms with Crippen molar-refractivity contribution < 1.29 is 74.9 Å². The van der Waals surface area contributed by atoms with Gasteiger partial charge in [-0.25, -0.2) is 4.21 Å². The van der Waals surface area contributed by atoms with E-state index < -0.39 is 11.4 Å². The average Bonchev–Trinajstić information content (AvgIpc) is 2.20. The van der Waals surface area contributed by atoms with Gasteiger partial charge < -0.3 is 15.1 Å². The number of hydrogen-bond acceptors (Lipinski definition) is 7. The predicted octanol–water partition coefficient (Wildman–Crippen LogP) is -4.77. The Labute approximate surface area is 147 Å². The summed E-state index contributed by atoms with van der Waals surface area (Å²) in [5.41, 5.74) is 0. The zero-order valence-electron chi connectivity index (χ0n) is 10.1. The van der Waals surface area contributed by atoms with Crippen LogP contribution < -0.4 is 51.4 Å². The smallest absolute Gasteiger partial charge is 0.870 e. The van der Waals surface area contributed by atoms with Gasteiger partial charge >= 0.3 is 51.4 Å². The van der Waals surface area contributed by atoms with E-state index in [1.165, 1.54) is 0 Å². The van der Waals surface area contributed by atoms with Crippen molar-refractivity contribution in [3.63, 3.8) is 0 Å². The SMILES string of the molecule is O=S([O-])OCCN1CCN(CCO)CC1.[K+].[OH-]. The summed E-state index contributed by atoms with van der Waals surface area (Å²) in [6.07, 6.45) is 0. The van der Waals surface area contributed by atoms with Gasteiger partial charge in [0.15, 0.2) is 0 Å². The molecule has 0 aromatic heterocycles. The summed E-state index contributed by atoms with van der Waals surface area (Å²) in [5.74, 6) is 0. The maximum absolute atomic E-state index is 10.1. The fourth-order valence-electron chi connectivity index (χ4n) is 1.61. The Hall–Kier alpha value is 1.55. The van der Waals surface area contributed by atoms with Crippen molar-refractivity contribution in [2.75, 3.05) is 52.5 Å². The number of hydrogen-bond donors (Lipinski definition) is 1. The van der Waals surface area contributed by atoms with Gasteiger partial charge in [0, 0.05) is 39.3 Å². The second-order valence-corrected chi connectivity index (χ2v) is 4.08. The third-order valence-corrected chi connectivity index (χ3v) is 2.83. The molecular formula is C8H18KN2O5S-. The van der Waals surface area contributed by atoms with E-state index in [0.717, 1.165) is 32.7 Å². The minimum Gasteiger partial charge on any atom is -0.870 e. The summed E-state index contributed by atoms with van der Waals surface area (Å²) in [6, 6.07) is 0. The molecular weight excluding hydrogens is 275 g/mol. The Morgan fingerprint density at radius 1 is 1.18 bits per heavy atom. The molecule has 1 atom stereocenters. The number of aliphatic hydroxyl groups excluding tert-OH is 1. The van der Waals surface area contributed by atoms with Crippen LogP contribution in [0.2, 0.25) is 0 Å². The molecule has 98 valence electrons. The Balaban J connectivity index is 0. The van der Waals surface area contributed by atoms with E-state index in [1.54, 1.807) is 0 Å². The second kappa shape index (κ2) is 12.6. The Bertz CT molecular complexity index is 204. The first kappa shape index (κ1) is 20.9. The van der Waals surface area contributed by atoms with Gasteiger partial charge in [-0.15, -0.1) is 0 Å². The number of piperazine rings is 1. The van der Waals surface area contributed by atoms with Gasteiger partial charge in [0.2, 0.25) is 0 Å². The van der Waals surface area contributed by atoms with Crippen molar-refractivity contribution in [1.82, 2.24) is 9.80 Å². The molecule has 1 unspecified atom stereocenters. The van der Waals surface area contributed by atoms with Crippen molar-refractivity contribution in [2.45, 2.75) is 0 Å². The summed E-state index contributed by atoms with van der Waals surface area (Å²) in [6.45, 7) is 5.40.